The van der Waals surface area contributed by atoms with Crippen molar-refractivity contribution in [2.24, 2.45) is 0 Å². The molecule has 27 heavy (non-hydrogen) atoms. The Bertz CT molecular complexity index is 983. The van der Waals surface area contributed by atoms with Gasteiger partial charge in [0.05, 0.1) is 16.9 Å². The predicted molar refractivity (Wildman–Crippen MR) is 97.4 cm³/mol. The van der Waals surface area contributed by atoms with E-state index in [4.69, 9.17) is 9.94 Å². The van der Waals surface area contributed by atoms with Gasteiger partial charge in [-0.1, -0.05) is 11.8 Å². The Hall–Kier alpha value is -3.21. The van der Waals surface area contributed by atoms with Crippen LogP contribution in [-0.2, 0) is 16.2 Å². The summed E-state index contributed by atoms with van der Waals surface area (Å²) >= 11 is 1.00. The first-order chi connectivity index (χ1) is 13.0. The van der Waals surface area contributed by atoms with Crippen LogP contribution in [0.15, 0.2) is 35.7 Å². The van der Waals surface area contributed by atoms with Crippen LogP contribution in [-0.4, -0.2) is 53.8 Å². The van der Waals surface area contributed by atoms with Crippen LogP contribution in [0.4, 0.5) is 5.69 Å². The van der Waals surface area contributed by atoms with Gasteiger partial charge >= 0.3 is 11.7 Å². The third-order valence-electron chi connectivity index (χ3n) is 3.65. The molecule has 140 valence electrons. The number of aryl methyl sites for hydroxylation is 1. The molecule has 0 spiro atoms. The fraction of sp³-hybridized carbons (Fsp3) is 0.250. The van der Waals surface area contributed by atoms with E-state index in [-0.39, 0.29) is 11.4 Å². The molecule has 0 radical (unpaired) electrons. The lowest BCUT2D eigenvalue weighted by Gasteiger charge is -2.01. The summed E-state index contributed by atoms with van der Waals surface area (Å²) in [6.45, 7) is 2.71. The SMILES string of the molecule is CCn1cc(-c2cc(-c3nc(SCC(=O)O)n[nH]3)cc([N+](=O)OC)c2)cn1. The number of benzene rings is 1. The number of aromatic nitrogens is 5. The molecule has 3 rings (SSSR count). The number of carboxylic acid groups (broad SMARTS) is 1. The van der Waals surface area contributed by atoms with E-state index in [2.05, 4.69) is 20.3 Å². The summed E-state index contributed by atoms with van der Waals surface area (Å²) in [5.41, 5.74) is 2.49. The van der Waals surface area contributed by atoms with Crippen molar-refractivity contribution >= 4 is 23.4 Å². The van der Waals surface area contributed by atoms with E-state index in [1.165, 1.54) is 7.11 Å². The van der Waals surface area contributed by atoms with E-state index in [1.807, 2.05) is 19.2 Å². The van der Waals surface area contributed by atoms with Crippen LogP contribution in [0.25, 0.3) is 22.5 Å². The average molecular weight is 389 g/mol. The van der Waals surface area contributed by atoms with Gasteiger partial charge in [-0.3, -0.25) is 14.6 Å². The average Bonchev–Trinajstić information content (AvgIpc) is 3.34. The summed E-state index contributed by atoms with van der Waals surface area (Å²) in [6, 6.07) is 5.14. The van der Waals surface area contributed by atoms with Crippen LogP contribution in [0.2, 0.25) is 0 Å². The Morgan fingerprint density at radius 1 is 1.33 bits per heavy atom. The molecule has 2 aromatic heterocycles. The minimum Gasteiger partial charge on any atom is -0.481 e. The molecule has 0 saturated carbocycles. The summed E-state index contributed by atoms with van der Waals surface area (Å²) in [6.07, 6.45) is 3.59. The zero-order valence-electron chi connectivity index (χ0n) is 14.6. The summed E-state index contributed by atoms with van der Waals surface area (Å²) in [5.74, 6) is -0.680. The van der Waals surface area contributed by atoms with Crippen LogP contribution in [0, 0.1) is 4.91 Å². The second-order valence-electron chi connectivity index (χ2n) is 5.44. The Balaban J connectivity index is 2.00. The van der Waals surface area contributed by atoms with E-state index < -0.39 is 5.97 Å². The number of H-pyrrole nitrogens is 1. The molecule has 0 fully saturated rings. The van der Waals surface area contributed by atoms with Gasteiger partial charge in [0.2, 0.25) is 5.16 Å². The fourth-order valence-corrected chi connectivity index (χ4v) is 2.90. The van der Waals surface area contributed by atoms with Crippen molar-refractivity contribution < 1.29 is 19.7 Å². The predicted octanol–water partition coefficient (Wildman–Crippen LogP) is 2.50. The standard InChI is InChI=1S/C16H16N6O4S/c1-3-21-8-12(7-17-21)10-4-11(6-13(5-10)22(25)26-2)15-18-16(20-19-15)27-9-14(23)24/h4-8H,3,9H2,1-2H3,(H-,18,19,20,23,24)/p+1. The number of aromatic amines is 1. The van der Waals surface area contributed by atoms with E-state index in [0.29, 0.717) is 21.5 Å². The Morgan fingerprint density at radius 3 is 2.78 bits per heavy atom. The third-order valence-corrected chi connectivity index (χ3v) is 4.48. The van der Waals surface area contributed by atoms with Crippen LogP contribution in [0.5, 0.6) is 0 Å². The number of nitrogens with one attached hydrogen (secondary N) is 1. The van der Waals surface area contributed by atoms with E-state index in [0.717, 1.165) is 29.4 Å². The lowest BCUT2D eigenvalue weighted by molar-refractivity contribution is -0.736. The highest BCUT2D eigenvalue weighted by atomic mass is 32.2. The molecule has 2 N–H and O–H groups in total. The fourth-order valence-electron chi connectivity index (χ4n) is 2.38. The largest absolute Gasteiger partial charge is 0.481 e. The Kier molecular flexibility index (Phi) is 5.50. The van der Waals surface area contributed by atoms with E-state index >= 15 is 0 Å². The molecule has 0 aliphatic heterocycles. The van der Waals surface area contributed by atoms with Gasteiger partial charge in [0.15, 0.2) is 12.9 Å². The van der Waals surface area contributed by atoms with Gasteiger partial charge in [0.25, 0.3) is 4.92 Å². The monoisotopic (exact) mass is 389 g/mol. The van der Waals surface area contributed by atoms with Gasteiger partial charge in [-0.05, 0) is 18.6 Å². The van der Waals surface area contributed by atoms with Gasteiger partial charge < -0.3 is 5.11 Å². The third kappa shape index (κ3) is 4.31. The van der Waals surface area contributed by atoms with E-state index in [1.54, 1.807) is 23.0 Å². The molecule has 1 aromatic carbocycles. The number of aliphatic carboxylic acids is 1. The normalized spacial score (nSPS) is 10.7. The van der Waals surface area contributed by atoms with Crippen molar-refractivity contribution in [3.63, 3.8) is 0 Å². The highest BCUT2D eigenvalue weighted by Crippen LogP contribution is 2.30. The quantitative estimate of drug-likeness (QED) is 0.444. The molecule has 0 bridgehead atoms. The number of carboxylic acids is 1. The first-order valence-electron chi connectivity index (χ1n) is 7.96. The molecule has 10 nitrogen and oxygen atoms in total. The summed E-state index contributed by atoms with van der Waals surface area (Å²) in [4.78, 5) is 32.1. The molecule has 0 atom stereocenters. The molecule has 2 heterocycles. The maximum Gasteiger partial charge on any atom is 0.318 e. The minimum absolute atomic E-state index is 0.142. The maximum absolute atomic E-state index is 12.0. The van der Waals surface area contributed by atoms with Crippen molar-refractivity contribution in [1.29, 1.82) is 0 Å². The molecular weight excluding hydrogens is 372 g/mol. The number of rotatable bonds is 8. The van der Waals surface area contributed by atoms with Gasteiger partial charge in [0, 0.05) is 36.0 Å². The summed E-state index contributed by atoms with van der Waals surface area (Å²) in [5, 5.41) is 20.1. The summed E-state index contributed by atoms with van der Waals surface area (Å²) in [7, 11) is 1.28. The van der Waals surface area contributed by atoms with Gasteiger partial charge in [-0.15, -0.1) is 5.10 Å². The van der Waals surface area contributed by atoms with Crippen molar-refractivity contribution in [2.45, 2.75) is 18.6 Å². The minimum atomic E-state index is -0.953. The Labute approximate surface area is 158 Å². The zero-order valence-corrected chi connectivity index (χ0v) is 15.4. The second kappa shape index (κ2) is 7.99. The van der Waals surface area contributed by atoms with Crippen molar-refractivity contribution in [3.8, 4) is 22.5 Å². The number of hydrogen-bond donors (Lipinski definition) is 2. The first kappa shape index (κ1) is 18.6. The van der Waals surface area contributed by atoms with Crippen LogP contribution in [0.1, 0.15) is 6.92 Å². The number of nitrogens with zero attached hydrogens (tertiary/aromatic N) is 5. The molecule has 0 unspecified atom stereocenters. The zero-order chi connectivity index (χ0) is 19.4. The topological polar surface area (TPSA) is 126 Å². The van der Waals surface area contributed by atoms with Gasteiger partial charge in [-0.25, -0.2) is 9.82 Å². The van der Waals surface area contributed by atoms with Gasteiger partial charge in [0.1, 0.15) is 0 Å². The van der Waals surface area contributed by atoms with Crippen molar-refractivity contribution in [3.05, 3.63) is 35.5 Å². The maximum atomic E-state index is 12.0. The molecular formula is C16H17N6O4S+. The van der Waals surface area contributed by atoms with Gasteiger partial charge in [-0.2, -0.15) is 5.10 Å². The number of carbonyl (C=O) groups is 1. The smallest absolute Gasteiger partial charge is 0.318 e. The molecule has 3 aromatic rings. The number of thioether (sulfide) groups is 1. The molecule has 0 aliphatic carbocycles. The first-order valence-corrected chi connectivity index (χ1v) is 8.95. The molecule has 0 aliphatic rings. The van der Waals surface area contributed by atoms with Crippen LogP contribution < -0.4 is 0 Å². The lowest BCUT2D eigenvalue weighted by atomic mass is 10.0. The molecule has 0 saturated heterocycles. The van der Waals surface area contributed by atoms with Crippen LogP contribution in [0.3, 0.4) is 0 Å². The Morgan fingerprint density at radius 2 is 2.11 bits per heavy atom. The molecule has 0 amide bonds. The lowest BCUT2D eigenvalue weighted by Crippen LogP contribution is -1.99. The molecule has 11 heteroatoms. The van der Waals surface area contributed by atoms with Crippen molar-refractivity contribution in [2.75, 3.05) is 12.9 Å². The highest BCUT2D eigenvalue weighted by Gasteiger charge is 2.20. The second-order valence-corrected chi connectivity index (χ2v) is 6.38. The van der Waals surface area contributed by atoms with Crippen molar-refractivity contribution in [1.82, 2.24) is 25.0 Å². The van der Waals surface area contributed by atoms with E-state index in [9.17, 15) is 9.70 Å². The number of hydrogen-bond acceptors (Lipinski definition) is 7. The highest BCUT2D eigenvalue weighted by molar-refractivity contribution is 7.99. The van der Waals surface area contributed by atoms with Crippen LogP contribution >= 0.6 is 11.8 Å². The summed E-state index contributed by atoms with van der Waals surface area (Å²) < 4.78 is 1.78.